The van der Waals surface area contributed by atoms with E-state index in [1.165, 1.54) is 4.68 Å². The van der Waals surface area contributed by atoms with Crippen LogP contribution in [0.2, 0.25) is 0 Å². The fourth-order valence-electron chi connectivity index (χ4n) is 2.72. The van der Waals surface area contributed by atoms with Gasteiger partial charge in [-0.2, -0.15) is 5.10 Å². The molecule has 8 nitrogen and oxygen atoms in total. The number of ether oxygens (including phenoxy) is 3. The third-order valence-electron chi connectivity index (χ3n) is 4.04. The number of esters is 1. The maximum Gasteiger partial charge on any atom is 0.327 e. The van der Waals surface area contributed by atoms with E-state index in [1.807, 2.05) is 6.07 Å². The van der Waals surface area contributed by atoms with Gasteiger partial charge in [-0.25, -0.2) is 0 Å². The van der Waals surface area contributed by atoms with Crippen LogP contribution in [0, 0.1) is 13.8 Å². The predicted octanol–water partition coefficient (Wildman–Crippen LogP) is 2.26. The fraction of sp³-hybridized carbons (Fsp3) is 0.421. The molecular weight excluding hydrogens is 350 g/mol. The van der Waals surface area contributed by atoms with Gasteiger partial charge >= 0.3 is 5.97 Å². The van der Waals surface area contributed by atoms with Crippen molar-refractivity contribution >= 4 is 17.6 Å². The summed E-state index contributed by atoms with van der Waals surface area (Å²) in [4.78, 5) is 24.1. The fourth-order valence-corrected chi connectivity index (χ4v) is 2.72. The quantitative estimate of drug-likeness (QED) is 0.712. The number of benzene rings is 1. The van der Waals surface area contributed by atoms with Gasteiger partial charge in [0, 0.05) is 0 Å². The number of aromatic nitrogens is 2. The van der Waals surface area contributed by atoms with Crippen molar-refractivity contribution in [3.63, 3.8) is 0 Å². The van der Waals surface area contributed by atoms with Crippen molar-refractivity contribution in [3.05, 3.63) is 35.2 Å². The molecule has 1 N–H and O–H groups in total. The van der Waals surface area contributed by atoms with Crippen LogP contribution >= 0.6 is 0 Å². The zero-order valence-corrected chi connectivity index (χ0v) is 16.3. The summed E-state index contributed by atoms with van der Waals surface area (Å²) in [6.07, 6.45) is 0.169. The van der Waals surface area contributed by atoms with E-state index in [0.717, 1.165) is 5.56 Å². The molecule has 0 aliphatic heterocycles. The van der Waals surface area contributed by atoms with Crippen LogP contribution < -0.4 is 14.8 Å². The molecule has 0 unspecified atom stereocenters. The summed E-state index contributed by atoms with van der Waals surface area (Å²) in [5, 5.41) is 7.18. The lowest BCUT2D eigenvalue weighted by atomic mass is 10.1. The SMILES string of the molecule is CCOC(=O)Cn1nc(C)c(NC(=O)Cc2ccc(OC)c(OC)c2)c1C. The zero-order chi connectivity index (χ0) is 20.0. The number of hydrogen-bond donors (Lipinski definition) is 1. The number of nitrogens with one attached hydrogen (secondary N) is 1. The average molecular weight is 375 g/mol. The van der Waals surface area contributed by atoms with Gasteiger partial charge < -0.3 is 19.5 Å². The highest BCUT2D eigenvalue weighted by Gasteiger charge is 2.17. The van der Waals surface area contributed by atoms with Crippen LogP contribution in [0.25, 0.3) is 0 Å². The summed E-state index contributed by atoms with van der Waals surface area (Å²) in [6.45, 7) is 5.64. The first-order chi connectivity index (χ1) is 12.9. The minimum atomic E-state index is -0.369. The predicted molar refractivity (Wildman–Crippen MR) is 100 cm³/mol. The molecule has 1 aromatic carbocycles. The maximum absolute atomic E-state index is 12.5. The molecule has 27 heavy (non-hydrogen) atoms. The second-order valence-corrected chi connectivity index (χ2v) is 5.92. The van der Waals surface area contributed by atoms with Gasteiger partial charge in [0.05, 0.1) is 44.3 Å². The highest BCUT2D eigenvalue weighted by atomic mass is 16.5. The molecule has 0 fully saturated rings. The van der Waals surface area contributed by atoms with Crippen molar-refractivity contribution in [1.29, 1.82) is 0 Å². The van der Waals surface area contributed by atoms with Crippen LogP contribution in [0.3, 0.4) is 0 Å². The maximum atomic E-state index is 12.5. The number of aryl methyl sites for hydroxylation is 1. The molecule has 146 valence electrons. The van der Waals surface area contributed by atoms with E-state index < -0.39 is 0 Å². The summed E-state index contributed by atoms with van der Waals surface area (Å²) in [7, 11) is 3.11. The lowest BCUT2D eigenvalue weighted by Crippen LogP contribution is -2.17. The number of carbonyl (C=O) groups is 2. The van der Waals surface area contributed by atoms with E-state index in [-0.39, 0.29) is 24.8 Å². The molecule has 0 radical (unpaired) electrons. The molecule has 1 amide bonds. The molecule has 0 atom stereocenters. The van der Waals surface area contributed by atoms with Gasteiger partial charge in [0.1, 0.15) is 6.54 Å². The van der Waals surface area contributed by atoms with Gasteiger partial charge in [-0.1, -0.05) is 6.07 Å². The number of nitrogens with zero attached hydrogens (tertiary/aromatic N) is 2. The molecule has 0 aliphatic rings. The molecule has 0 bridgehead atoms. The van der Waals surface area contributed by atoms with Gasteiger partial charge in [0.25, 0.3) is 0 Å². The van der Waals surface area contributed by atoms with Crippen molar-refractivity contribution in [1.82, 2.24) is 9.78 Å². The Morgan fingerprint density at radius 1 is 1.15 bits per heavy atom. The third kappa shape index (κ3) is 4.99. The molecule has 2 aromatic rings. The Hall–Kier alpha value is -3.03. The summed E-state index contributed by atoms with van der Waals surface area (Å²) in [5.74, 6) is 0.612. The molecule has 1 aromatic heterocycles. The van der Waals surface area contributed by atoms with E-state index in [9.17, 15) is 9.59 Å². The molecule has 0 saturated carbocycles. The van der Waals surface area contributed by atoms with E-state index in [0.29, 0.717) is 35.2 Å². The Balaban J connectivity index is 2.10. The third-order valence-corrected chi connectivity index (χ3v) is 4.04. The summed E-state index contributed by atoms with van der Waals surface area (Å²) < 4.78 is 16.9. The molecular formula is C19H25N3O5. The van der Waals surface area contributed by atoms with E-state index in [4.69, 9.17) is 14.2 Å². The molecule has 1 heterocycles. The summed E-state index contributed by atoms with van der Waals surface area (Å²) >= 11 is 0. The number of amides is 1. The second kappa shape index (κ2) is 9.07. The van der Waals surface area contributed by atoms with Crippen molar-refractivity contribution in [2.24, 2.45) is 0 Å². The van der Waals surface area contributed by atoms with Gasteiger partial charge in [0.15, 0.2) is 11.5 Å². The lowest BCUT2D eigenvalue weighted by Gasteiger charge is -2.10. The Kier molecular flexibility index (Phi) is 6.81. The Bertz CT molecular complexity index is 829. The molecule has 0 spiro atoms. The van der Waals surface area contributed by atoms with Crippen LogP contribution in [0.5, 0.6) is 11.5 Å². The van der Waals surface area contributed by atoms with Crippen molar-refractivity contribution < 1.29 is 23.8 Å². The van der Waals surface area contributed by atoms with Crippen LogP contribution in [-0.2, 0) is 27.3 Å². The van der Waals surface area contributed by atoms with Crippen molar-refractivity contribution in [2.75, 3.05) is 26.1 Å². The minimum Gasteiger partial charge on any atom is -0.493 e. The molecule has 0 saturated heterocycles. The topological polar surface area (TPSA) is 91.7 Å². The Labute approximate surface area is 158 Å². The van der Waals surface area contributed by atoms with Crippen molar-refractivity contribution in [2.45, 2.75) is 33.7 Å². The van der Waals surface area contributed by atoms with Gasteiger partial charge in [-0.15, -0.1) is 0 Å². The van der Waals surface area contributed by atoms with E-state index in [1.54, 1.807) is 47.1 Å². The summed E-state index contributed by atoms with van der Waals surface area (Å²) in [6, 6.07) is 5.34. The Morgan fingerprint density at radius 2 is 1.85 bits per heavy atom. The normalized spacial score (nSPS) is 10.4. The number of anilines is 1. The lowest BCUT2D eigenvalue weighted by molar-refractivity contribution is -0.144. The van der Waals surface area contributed by atoms with Crippen LogP contribution in [-0.4, -0.2) is 42.5 Å². The van der Waals surface area contributed by atoms with Gasteiger partial charge in [0.2, 0.25) is 5.91 Å². The zero-order valence-electron chi connectivity index (χ0n) is 16.3. The Morgan fingerprint density at radius 3 is 2.48 bits per heavy atom. The average Bonchev–Trinajstić information content (AvgIpc) is 2.89. The molecule has 2 rings (SSSR count). The van der Waals surface area contributed by atoms with Crippen LogP contribution in [0.15, 0.2) is 18.2 Å². The van der Waals surface area contributed by atoms with E-state index >= 15 is 0 Å². The first-order valence-corrected chi connectivity index (χ1v) is 8.60. The monoisotopic (exact) mass is 375 g/mol. The highest BCUT2D eigenvalue weighted by Crippen LogP contribution is 2.28. The number of rotatable bonds is 8. The first kappa shape index (κ1) is 20.3. The van der Waals surface area contributed by atoms with E-state index in [2.05, 4.69) is 10.4 Å². The number of hydrogen-bond acceptors (Lipinski definition) is 6. The van der Waals surface area contributed by atoms with Crippen molar-refractivity contribution in [3.8, 4) is 11.5 Å². The number of methoxy groups -OCH3 is 2. The van der Waals surface area contributed by atoms with Gasteiger partial charge in [-0.05, 0) is 38.5 Å². The number of carbonyl (C=O) groups excluding carboxylic acids is 2. The molecule has 0 aliphatic carbocycles. The molecule has 8 heteroatoms. The standard InChI is InChI=1S/C19H25N3O5/c1-6-27-18(24)11-22-13(3)19(12(2)21-22)20-17(23)10-14-7-8-15(25-4)16(9-14)26-5/h7-9H,6,10-11H2,1-5H3,(H,20,23). The van der Waals surface area contributed by atoms with Crippen LogP contribution in [0.4, 0.5) is 5.69 Å². The minimum absolute atomic E-state index is 0.00601. The van der Waals surface area contributed by atoms with Crippen LogP contribution in [0.1, 0.15) is 23.9 Å². The largest absolute Gasteiger partial charge is 0.493 e. The second-order valence-electron chi connectivity index (χ2n) is 5.92. The summed E-state index contributed by atoms with van der Waals surface area (Å²) in [5.41, 5.74) is 2.72. The smallest absolute Gasteiger partial charge is 0.327 e. The first-order valence-electron chi connectivity index (χ1n) is 8.60. The highest BCUT2D eigenvalue weighted by molar-refractivity contribution is 5.93. The van der Waals surface area contributed by atoms with Gasteiger partial charge in [-0.3, -0.25) is 14.3 Å².